The lowest BCUT2D eigenvalue weighted by atomic mass is 10.0. The number of benzene rings is 1. The second kappa shape index (κ2) is 11.5. The third-order valence-electron chi connectivity index (χ3n) is 5.75. The zero-order valence-electron chi connectivity index (χ0n) is 17.9. The maximum Gasteiger partial charge on any atom is 0.303 e. The predicted octanol–water partition coefficient (Wildman–Crippen LogP) is 4.15. The molecule has 2 N–H and O–H groups in total. The molecule has 1 saturated heterocycles. The van der Waals surface area contributed by atoms with Crippen molar-refractivity contribution in [3.8, 4) is 0 Å². The van der Waals surface area contributed by atoms with Crippen LogP contribution in [0.15, 0.2) is 60.9 Å². The molecule has 1 aromatic carbocycles. The number of aromatic nitrogens is 1. The van der Waals surface area contributed by atoms with Gasteiger partial charge in [-0.15, -0.1) is 0 Å². The smallest absolute Gasteiger partial charge is 0.303 e. The monoisotopic (exact) mass is 424 g/mol. The molecular weight excluding hydrogens is 392 g/mol. The molecule has 2 aromatic rings. The summed E-state index contributed by atoms with van der Waals surface area (Å²) in [5.41, 5.74) is 1.97. The number of carboxylic acid groups (broad SMARTS) is 1. The van der Waals surface area contributed by atoms with E-state index in [-0.39, 0.29) is 18.4 Å². The number of hydrogen-bond donors (Lipinski definition) is 2. The molecule has 0 spiro atoms. The first-order valence-corrected chi connectivity index (χ1v) is 11.1. The van der Waals surface area contributed by atoms with Crippen LogP contribution in [-0.2, 0) is 16.1 Å². The van der Waals surface area contributed by atoms with Crippen LogP contribution in [0.1, 0.15) is 62.2 Å². The van der Waals surface area contributed by atoms with Crippen molar-refractivity contribution in [3.63, 3.8) is 0 Å². The number of aliphatic hydroxyl groups excluding tert-OH is 1. The van der Waals surface area contributed by atoms with E-state index in [9.17, 15) is 14.7 Å². The molecule has 1 unspecified atom stereocenters. The molecule has 3 rings (SSSR count). The molecule has 1 amide bonds. The normalized spacial score (nSPS) is 17.5. The number of carboxylic acids is 1. The molecule has 6 heteroatoms. The summed E-state index contributed by atoms with van der Waals surface area (Å²) >= 11 is 0. The third kappa shape index (κ3) is 7.10. The summed E-state index contributed by atoms with van der Waals surface area (Å²) in [6.07, 6.45) is 11.9. The highest BCUT2D eigenvalue weighted by molar-refractivity contribution is 5.79. The fourth-order valence-corrected chi connectivity index (χ4v) is 4.06. The Bertz CT molecular complexity index is 875. The van der Waals surface area contributed by atoms with Gasteiger partial charge in [0.05, 0.1) is 12.1 Å². The lowest BCUT2D eigenvalue weighted by Gasteiger charge is -2.22. The number of likely N-dealkylation sites (tertiary alicyclic amines) is 1. The quantitative estimate of drug-likeness (QED) is 0.396. The van der Waals surface area contributed by atoms with Crippen LogP contribution in [0.4, 0.5) is 0 Å². The molecule has 0 saturated carbocycles. The summed E-state index contributed by atoms with van der Waals surface area (Å²) in [7, 11) is 0. The van der Waals surface area contributed by atoms with Gasteiger partial charge in [0.1, 0.15) is 0 Å². The van der Waals surface area contributed by atoms with E-state index in [0.717, 1.165) is 43.4 Å². The fourth-order valence-electron chi connectivity index (χ4n) is 4.06. The third-order valence-corrected chi connectivity index (χ3v) is 5.75. The molecule has 0 aliphatic carbocycles. The first-order chi connectivity index (χ1) is 15.0. The standard InChI is InChI=1S/C25H32N2O4/c28-23(21-9-7-8-20(18-21)19-26-15-5-6-16-26)13-11-22-12-14-24(29)27(22)17-4-2-1-3-10-25(30)31/h5-9,11,13,15-16,18,22-23,28H,1-4,10,12,14,17,19H2,(H,30,31)/b13-11+/t22-,23?/m0/s1. The zero-order valence-corrected chi connectivity index (χ0v) is 17.9. The van der Waals surface area contributed by atoms with Gasteiger partial charge in [-0.3, -0.25) is 9.59 Å². The van der Waals surface area contributed by atoms with Crippen LogP contribution >= 0.6 is 0 Å². The van der Waals surface area contributed by atoms with Crippen molar-refractivity contribution in [2.45, 2.75) is 63.6 Å². The topological polar surface area (TPSA) is 82.8 Å². The van der Waals surface area contributed by atoms with Gasteiger partial charge in [0.25, 0.3) is 0 Å². The first kappa shape index (κ1) is 22.8. The maximum absolute atomic E-state index is 12.3. The van der Waals surface area contributed by atoms with Crippen LogP contribution in [0.5, 0.6) is 0 Å². The van der Waals surface area contributed by atoms with Crippen molar-refractivity contribution in [2.75, 3.05) is 6.54 Å². The van der Waals surface area contributed by atoms with Crippen molar-refractivity contribution in [1.82, 2.24) is 9.47 Å². The van der Waals surface area contributed by atoms with Gasteiger partial charge < -0.3 is 19.7 Å². The average Bonchev–Trinajstić information content (AvgIpc) is 3.38. The molecule has 0 bridgehead atoms. The highest BCUT2D eigenvalue weighted by Gasteiger charge is 2.28. The van der Waals surface area contributed by atoms with E-state index >= 15 is 0 Å². The molecule has 1 aliphatic heterocycles. The Hall–Kier alpha value is -2.86. The van der Waals surface area contributed by atoms with Crippen LogP contribution in [0.25, 0.3) is 0 Å². The largest absolute Gasteiger partial charge is 0.481 e. The van der Waals surface area contributed by atoms with Crippen LogP contribution in [0.3, 0.4) is 0 Å². The maximum atomic E-state index is 12.3. The zero-order chi connectivity index (χ0) is 22.1. The lowest BCUT2D eigenvalue weighted by Crippen LogP contribution is -2.32. The second-order valence-corrected chi connectivity index (χ2v) is 8.18. The van der Waals surface area contributed by atoms with Gasteiger partial charge >= 0.3 is 5.97 Å². The minimum Gasteiger partial charge on any atom is -0.481 e. The molecule has 6 nitrogen and oxygen atoms in total. The Morgan fingerprint density at radius 2 is 1.90 bits per heavy atom. The second-order valence-electron chi connectivity index (χ2n) is 8.18. The Balaban J connectivity index is 1.51. The number of nitrogens with zero attached hydrogens (tertiary/aromatic N) is 2. The van der Waals surface area contributed by atoms with Crippen molar-refractivity contribution >= 4 is 11.9 Å². The number of aliphatic carboxylic acids is 1. The van der Waals surface area contributed by atoms with Gasteiger partial charge in [-0.1, -0.05) is 49.3 Å². The fraction of sp³-hybridized carbons (Fsp3) is 0.440. The Morgan fingerprint density at radius 3 is 2.68 bits per heavy atom. The first-order valence-electron chi connectivity index (χ1n) is 11.1. The van der Waals surface area contributed by atoms with E-state index in [1.807, 2.05) is 59.8 Å². The minimum absolute atomic E-state index is 0.0178. The predicted molar refractivity (Wildman–Crippen MR) is 120 cm³/mol. The van der Waals surface area contributed by atoms with Crippen LogP contribution in [-0.4, -0.2) is 44.1 Å². The molecule has 1 fully saturated rings. The van der Waals surface area contributed by atoms with Gasteiger partial charge in [0, 0.05) is 38.3 Å². The van der Waals surface area contributed by atoms with E-state index < -0.39 is 12.1 Å². The lowest BCUT2D eigenvalue weighted by molar-refractivity contribution is -0.137. The van der Waals surface area contributed by atoms with Gasteiger partial charge in [-0.2, -0.15) is 0 Å². The van der Waals surface area contributed by atoms with Gasteiger partial charge in [0.15, 0.2) is 0 Å². The number of carbonyl (C=O) groups is 2. The number of rotatable bonds is 12. The summed E-state index contributed by atoms with van der Waals surface area (Å²) in [6.45, 7) is 1.44. The van der Waals surface area contributed by atoms with Crippen LogP contribution in [0.2, 0.25) is 0 Å². The number of carbonyl (C=O) groups excluding carboxylic acids is 1. The highest BCUT2D eigenvalue weighted by Crippen LogP contribution is 2.23. The van der Waals surface area contributed by atoms with Crippen molar-refractivity contribution < 1.29 is 19.8 Å². The molecule has 166 valence electrons. The summed E-state index contributed by atoms with van der Waals surface area (Å²) in [6, 6.07) is 11.9. The van der Waals surface area contributed by atoms with Crippen LogP contribution < -0.4 is 0 Å². The summed E-state index contributed by atoms with van der Waals surface area (Å²) in [5, 5.41) is 19.3. The molecule has 2 heterocycles. The SMILES string of the molecule is O=C(O)CCCCCCN1C(=O)CC[C@@H]1/C=C/C(O)c1cccc(Cn2cccc2)c1. The Morgan fingerprint density at radius 1 is 1.13 bits per heavy atom. The number of aliphatic hydroxyl groups is 1. The van der Waals surface area contributed by atoms with Crippen molar-refractivity contribution in [2.24, 2.45) is 0 Å². The van der Waals surface area contributed by atoms with Gasteiger partial charge in [-0.05, 0) is 42.5 Å². The van der Waals surface area contributed by atoms with E-state index in [0.29, 0.717) is 19.4 Å². The number of unbranched alkanes of at least 4 members (excludes halogenated alkanes) is 3. The average molecular weight is 425 g/mol. The molecule has 31 heavy (non-hydrogen) atoms. The summed E-state index contributed by atoms with van der Waals surface area (Å²) in [4.78, 5) is 24.7. The van der Waals surface area contributed by atoms with E-state index in [4.69, 9.17) is 5.11 Å². The molecule has 1 aromatic heterocycles. The molecular formula is C25H32N2O4. The van der Waals surface area contributed by atoms with Crippen molar-refractivity contribution in [1.29, 1.82) is 0 Å². The van der Waals surface area contributed by atoms with Gasteiger partial charge in [0.2, 0.25) is 5.91 Å². The Kier molecular flexibility index (Phi) is 8.47. The van der Waals surface area contributed by atoms with E-state index in [2.05, 4.69) is 4.57 Å². The van der Waals surface area contributed by atoms with Crippen LogP contribution in [0, 0.1) is 0 Å². The molecule has 0 radical (unpaired) electrons. The summed E-state index contributed by atoms with van der Waals surface area (Å²) in [5.74, 6) is -0.600. The Labute approximate surface area is 183 Å². The highest BCUT2D eigenvalue weighted by atomic mass is 16.4. The number of hydrogen-bond acceptors (Lipinski definition) is 3. The minimum atomic E-state index is -0.756. The van der Waals surface area contributed by atoms with Gasteiger partial charge in [-0.25, -0.2) is 0 Å². The molecule has 1 aliphatic rings. The van der Waals surface area contributed by atoms with Crippen molar-refractivity contribution in [3.05, 3.63) is 72.1 Å². The van der Waals surface area contributed by atoms with E-state index in [1.165, 1.54) is 0 Å². The van der Waals surface area contributed by atoms with E-state index in [1.54, 1.807) is 6.08 Å². The number of amides is 1. The molecule has 2 atom stereocenters. The summed E-state index contributed by atoms with van der Waals surface area (Å²) < 4.78 is 2.09.